The number of carbonyl (C=O) groups is 1. The second-order valence-electron chi connectivity index (χ2n) is 7.98. The second kappa shape index (κ2) is 3.74. The van der Waals surface area contributed by atoms with Crippen molar-refractivity contribution >= 4 is 5.97 Å². The Morgan fingerprint density at radius 2 is 1.50 bits per heavy atom. The normalized spacial score (nSPS) is 44.1. The lowest BCUT2D eigenvalue weighted by Gasteiger charge is -2.63. The zero-order valence-corrected chi connectivity index (χ0v) is 11.9. The van der Waals surface area contributed by atoms with Crippen LogP contribution in [0, 0.1) is 34.5 Å². The molecule has 0 spiro atoms. The quantitative estimate of drug-likeness (QED) is 0.823. The first-order valence-electron chi connectivity index (χ1n) is 7.57. The Morgan fingerprint density at radius 1 is 1.11 bits per heavy atom. The van der Waals surface area contributed by atoms with E-state index in [0.29, 0.717) is 5.41 Å². The summed E-state index contributed by atoms with van der Waals surface area (Å²) in [5, 5.41) is 9.42. The molecule has 0 saturated heterocycles. The summed E-state index contributed by atoms with van der Waals surface area (Å²) in [5.74, 6) is 1.86. The highest BCUT2D eigenvalue weighted by Gasteiger charge is 2.59. The molecule has 4 aliphatic rings. The van der Waals surface area contributed by atoms with Crippen LogP contribution in [0.4, 0.5) is 0 Å². The molecule has 0 radical (unpaired) electrons. The van der Waals surface area contributed by atoms with Gasteiger partial charge in [0.2, 0.25) is 0 Å². The van der Waals surface area contributed by atoms with Gasteiger partial charge in [-0.15, -0.1) is 0 Å². The molecule has 4 aliphatic carbocycles. The topological polar surface area (TPSA) is 37.3 Å². The first kappa shape index (κ1) is 12.5. The molecule has 1 atom stereocenters. The maximum Gasteiger partial charge on any atom is 0.306 e. The van der Waals surface area contributed by atoms with Crippen molar-refractivity contribution in [2.45, 2.75) is 59.3 Å². The van der Waals surface area contributed by atoms with Crippen molar-refractivity contribution in [1.82, 2.24) is 0 Å². The molecular weight excluding hydrogens is 224 g/mol. The van der Waals surface area contributed by atoms with E-state index >= 15 is 0 Å². The number of carboxylic acid groups (broad SMARTS) is 1. The van der Waals surface area contributed by atoms with E-state index in [0.717, 1.165) is 17.8 Å². The Morgan fingerprint density at radius 3 is 1.83 bits per heavy atom. The number of carboxylic acids is 1. The van der Waals surface area contributed by atoms with Gasteiger partial charge in [0.25, 0.3) is 0 Å². The minimum Gasteiger partial charge on any atom is -0.481 e. The van der Waals surface area contributed by atoms with Gasteiger partial charge in [0.15, 0.2) is 0 Å². The van der Waals surface area contributed by atoms with Gasteiger partial charge in [0, 0.05) is 0 Å². The minimum absolute atomic E-state index is 0.0607. The Labute approximate surface area is 110 Å². The highest BCUT2D eigenvalue weighted by atomic mass is 16.4. The third-order valence-corrected chi connectivity index (χ3v) is 6.86. The van der Waals surface area contributed by atoms with Crippen molar-refractivity contribution in [3.05, 3.63) is 0 Å². The van der Waals surface area contributed by atoms with Gasteiger partial charge >= 0.3 is 5.97 Å². The average Bonchev–Trinajstić information content (AvgIpc) is 2.25. The summed E-state index contributed by atoms with van der Waals surface area (Å²) >= 11 is 0. The van der Waals surface area contributed by atoms with Crippen LogP contribution in [0.2, 0.25) is 0 Å². The fourth-order valence-corrected chi connectivity index (χ4v) is 5.67. The lowest BCUT2D eigenvalue weighted by atomic mass is 9.41. The molecule has 4 saturated carbocycles. The highest BCUT2D eigenvalue weighted by molar-refractivity contribution is 5.70. The fraction of sp³-hybridized carbons (Fsp3) is 0.938. The summed E-state index contributed by atoms with van der Waals surface area (Å²) in [6.45, 7) is 6.36. The van der Waals surface area contributed by atoms with Crippen LogP contribution in [0.5, 0.6) is 0 Å². The van der Waals surface area contributed by atoms with Crippen molar-refractivity contribution in [1.29, 1.82) is 0 Å². The molecule has 0 heterocycles. The second-order valence-corrected chi connectivity index (χ2v) is 7.98. The third-order valence-electron chi connectivity index (χ3n) is 6.86. The van der Waals surface area contributed by atoms with Crippen molar-refractivity contribution in [3.8, 4) is 0 Å². The van der Waals surface area contributed by atoms with Crippen molar-refractivity contribution < 1.29 is 9.90 Å². The molecule has 2 heteroatoms. The van der Waals surface area contributed by atoms with E-state index in [2.05, 4.69) is 13.8 Å². The SMILES string of the molecule is CC(C(=O)O)C(C)(C)C12CC3CC(CC(C3)C1)C2. The number of hydrogen-bond acceptors (Lipinski definition) is 1. The van der Waals surface area contributed by atoms with Gasteiger partial charge in [-0.2, -0.15) is 0 Å². The molecule has 0 amide bonds. The number of rotatable bonds is 3. The summed E-state index contributed by atoms with van der Waals surface area (Å²) in [6, 6.07) is 0. The third kappa shape index (κ3) is 1.57. The summed E-state index contributed by atoms with van der Waals surface area (Å²) in [7, 11) is 0. The molecule has 2 nitrogen and oxygen atoms in total. The van der Waals surface area contributed by atoms with E-state index in [4.69, 9.17) is 0 Å². The molecule has 1 N–H and O–H groups in total. The van der Waals surface area contributed by atoms with Crippen LogP contribution in [-0.2, 0) is 4.79 Å². The van der Waals surface area contributed by atoms with Crippen LogP contribution in [0.15, 0.2) is 0 Å². The predicted molar refractivity (Wildman–Crippen MR) is 71.2 cm³/mol. The molecule has 4 fully saturated rings. The van der Waals surface area contributed by atoms with E-state index in [1.807, 2.05) is 6.92 Å². The summed E-state index contributed by atoms with van der Waals surface area (Å²) < 4.78 is 0. The molecule has 0 aliphatic heterocycles. The first-order valence-corrected chi connectivity index (χ1v) is 7.57. The van der Waals surface area contributed by atoms with Crippen LogP contribution < -0.4 is 0 Å². The number of hydrogen-bond donors (Lipinski definition) is 1. The molecular formula is C16H26O2. The molecule has 4 bridgehead atoms. The van der Waals surface area contributed by atoms with Gasteiger partial charge in [-0.1, -0.05) is 20.8 Å². The Kier molecular flexibility index (Phi) is 2.60. The Bertz CT molecular complexity index is 334. The zero-order valence-electron chi connectivity index (χ0n) is 11.9. The molecule has 0 aromatic heterocycles. The fourth-order valence-electron chi connectivity index (χ4n) is 5.67. The molecule has 1 unspecified atom stereocenters. The molecule has 0 aromatic carbocycles. The van der Waals surface area contributed by atoms with Gasteiger partial charge < -0.3 is 5.11 Å². The lowest BCUT2D eigenvalue weighted by molar-refractivity contribution is -0.166. The average molecular weight is 250 g/mol. The van der Waals surface area contributed by atoms with Crippen molar-refractivity contribution in [2.75, 3.05) is 0 Å². The Balaban J connectivity index is 1.93. The van der Waals surface area contributed by atoms with Gasteiger partial charge in [0.05, 0.1) is 5.92 Å². The lowest BCUT2D eigenvalue weighted by Crippen LogP contribution is -2.55. The monoisotopic (exact) mass is 250 g/mol. The van der Waals surface area contributed by atoms with E-state index < -0.39 is 5.97 Å². The number of aliphatic carboxylic acids is 1. The largest absolute Gasteiger partial charge is 0.481 e. The maximum absolute atomic E-state index is 11.4. The van der Waals surface area contributed by atoms with Crippen LogP contribution in [0.25, 0.3) is 0 Å². The molecule has 18 heavy (non-hydrogen) atoms. The van der Waals surface area contributed by atoms with Crippen LogP contribution in [0.1, 0.15) is 59.3 Å². The molecule has 4 rings (SSSR count). The summed E-state index contributed by atoms with van der Waals surface area (Å²) in [4.78, 5) is 11.4. The van der Waals surface area contributed by atoms with E-state index in [-0.39, 0.29) is 11.3 Å². The predicted octanol–water partition coefficient (Wildman–Crippen LogP) is 3.95. The summed E-state index contributed by atoms with van der Waals surface area (Å²) in [5.41, 5.74) is 0.258. The van der Waals surface area contributed by atoms with Gasteiger partial charge in [-0.05, 0) is 67.1 Å². The zero-order chi connectivity index (χ0) is 13.1. The van der Waals surface area contributed by atoms with Gasteiger partial charge in [0.1, 0.15) is 0 Å². The van der Waals surface area contributed by atoms with E-state index in [1.165, 1.54) is 38.5 Å². The highest BCUT2D eigenvalue weighted by Crippen LogP contribution is 2.67. The van der Waals surface area contributed by atoms with Gasteiger partial charge in [-0.3, -0.25) is 4.79 Å². The minimum atomic E-state index is -0.615. The molecule has 0 aromatic rings. The van der Waals surface area contributed by atoms with Crippen LogP contribution in [-0.4, -0.2) is 11.1 Å². The van der Waals surface area contributed by atoms with Gasteiger partial charge in [-0.25, -0.2) is 0 Å². The van der Waals surface area contributed by atoms with Crippen LogP contribution in [0.3, 0.4) is 0 Å². The first-order chi connectivity index (χ1) is 8.34. The smallest absolute Gasteiger partial charge is 0.306 e. The van der Waals surface area contributed by atoms with Crippen molar-refractivity contribution in [3.63, 3.8) is 0 Å². The van der Waals surface area contributed by atoms with E-state index in [9.17, 15) is 9.90 Å². The standard InChI is InChI=1S/C16H26O2/c1-10(14(17)18)15(2,3)16-7-11-4-12(8-16)6-13(5-11)9-16/h10-13H,4-9H2,1-3H3,(H,17,18). The van der Waals surface area contributed by atoms with Crippen molar-refractivity contribution in [2.24, 2.45) is 34.5 Å². The molecule has 102 valence electrons. The summed E-state index contributed by atoms with van der Waals surface area (Å²) in [6.07, 6.45) is 8.17. The Hall–Kier alpha value is -0.530. The van der Waals surface area contributed by atoms with E-state index in [1.54, 1.807) is 0 Å². The maximum atomic E-state index is 11.4. The van der Waals surface area contributed by atoms with Crippen LogP contribution >= 0.6 is 0 Å².